The number of nitrogens with two attached hydrogens (primary N) is 1. The lowest BCUT2D eigenvalue weighted by molar-refractivity contribution is 0.0277. The molecule has 0 spiro atoms. The predicted molar refractivity (Wildman–Crippen MR) is 81.6 cm³/mol. The van der Waals surface area contributed by atoms with Crippen molar-refractivity contribution in [3.8, 4) is 0 Å². The molecule has 3 rings (SSSR count). The summed E-state index contributed by atoms with van der Waals surface area (Å²) in [4.78, 5) is 6.66. The average molecular weight is 279 g/mol. The molecule has 3 nitrogen and oxygen atoms in total. The van der Waals surface area contributed by atoms with E-state index in [-0.39, 0.29) is 5.54 Å². The molecule has 0 aliphatic carbocycles. The van der Waals surface area contributed by atoms with Crippen LogP contribution in [0.5, 0.6) is 0 Å². The summed E-state index contributed by atoms with van der Waals surface area (Å²) >= 11 is 1.87. The maximum Gasteiger partial charge on any atom is 0.0381 e. The van der Waals surface area contributed by atoms with Crippen molar-refractivity contribution in [2.24, 2.45) is 11.7 Å². The van der Waals surface area contributed by atoms with Gasteiger partial charge in [-0.15, -0.1) is 11.3 Å². The van der Waals surface area contributed by atoms with Gasteiger partial charge in [-0.2, -0.15) is 0 Å². The normalized spacial score (nSPS) is 34.1. The third-order valence-electron chi connectivity index (χ3n) is 5.28. The van der Waals surface area contributed by atoms with Gasteiger partial charge in [0.15, 0.2) is 0 Å². The summed E-state index contributed by atoms with van der Waals surface area (Å²) in [6.07, 6.45) is 3.74. The molecule has 106 valence electrons. The second-order valence-corrected chi connectivity index (χ2v) is 7.13. The zero-order valence-corrected chi connectivity index (χ0v) is 12.7. The van der Waals surface area contributed by atoms with Gasteiger partial charge in [0.25, 0.3) is 0 Å². The van der Waals surface area contributed by atoms with Crippen LogP contribution in [0.3, 0.4) is 0 Å². The molecule has 2 N–H and O–H groups in total. The Labute approximate surface area is 120 Å². The van der Waals surface area contributed by atoms with E-state index in [0.717, 1.165) is 25.4 Å². The van der Waals surface area contributed by atoms with E-state index in [1.165, 1.54) is 37.4 Å². The van der Waals surface area contributed by atoms with Crippen LogP contribution in [-0.4, -0.2) is 55.1 Å². The van der Waals surface area contributed by atoms with Gasteiger partial charge in [0.1, 0.15) is 0 Å². The zero-order chi connectivity index (χ0) is 13.3. The van der Waals surface area contributed by atoms with Crippen LogP contribution >= 0.6 is 11.3 Å². The van der Waals surface area contributed by atoms with E-state index in [0.29, 0.717) is 0 Å². The van der Waals surface area contributed by atoms with Gasteiger partial charge >= 0.3 is 0 Å². The number of hydrogen-bond donors (Lipinski definition) is 1. The summed E-state index contributed by atoms with van der Waals surface area (Å²) in [5.41, 5.74) is 6.47. The molecule has 3 unspecified atom stereocenters. The molecular weight excluding hydrogens is 254 g/mol. The van der Waals surface area contributed by atoms with Gasteiger partial charge in [-0.3, -0.25) is 4.90 Å². The largest absolute Gasteiger partial charge is 0.329 e. The Morgan fingerprint density at radius 2 is 2.42 bits per heavy atom. The first-order valence-electron chi connectivity index (χ1n) is 7.40. The molecule has 19 heavy (non-hydrogen) atoms. The number of likely N-dealkylation sites (N-methyl/N-ethyl adjacent to an activating group) is 1. The van der Waals surface area contributed by atoms with Crippen molar-refractivity contribution in [2.45, 2.75) is 24.8 Å². The maximum atomic E-state index is 6.22. The van der Waals surface area contributed by atoms with Crippen molar-refractivity contribution < 1.29 is 0 Å². The highest BCUT2D eigenvalue weighted by molar-refractivity contribution is 7.09. The van der Waals surface area contributed by atoms with Gasteiger partial charge in [0.2, 0.25) is 0 Å². The van der Waals surface area contributed by atoms with Crippen molar-refractivity contribution in [3.05, 3.63) is 22.4 Å². The second kappa shape index (κ2) is 5.52. The number of rotatable bonds is 5. The van der Waals surface area contributed by atoms with Crippen molar-refractivity contribution in [1.29, 1.82) is 0 Å². The lowest BCUT2D eigenvalue weighted by atomic mass is 9.77. The molecule has 1 aromatic rings. The van der Waals surface area contributed by atoms with E-state index >= 15 is 0 Å². The molecule has 4 heteroatoms. The van der Waals surface area contributed by atoms with Gasteiger partial charge in [-0.05, 0) is 56.8 Å². The Hall–Kier alpha value is -0.420. The number of piperidine rings is 1. The van der Waals surface area contributed by atoms with E-state index in [1.807, 2.05) is 11.3 Å². The number of nitrogens with zero attached hydrogens (tertiary/aromatic N) is 2. The topological polar surface area (TPSA) is 32.5 Å². The molecule has 2 saturated heterocycles. The van der Waals surface area contributed by atoms with E-state index in [1.54, 1.807) is 0 Å². The Morgan fingerprint density at radius 3 is 3.16 bits per heavy atom. The second-order valence-electron chi connectivity index (χ2n) is 6.09. The summed E-state index contributed by atoms with van der Waals surface area (Å²) in [5, 5.41) is 2.17. The number of thiophene rings is 1. The minimum Gasteiger partial charge on any atom is -0.329 e. The van der Waals surface area contributed by atoms with Crippen LogP contribution in [0.25, 0.3) is 0 Å². The van der Waals surface area contributed by atoms with E-state index in [4.69, 9.17) is 5.73 Å². The zero-order valence-electron chi connectivity index (χ0n) is 11.8. The maximum absolute atomic E-state index is 6.22. The minimum absolute atomic E-state index is 0.254. The first-order chi connectivity index (χ1) is 9.24. The fourth-order valence-electron chi connectivity index (χ4n) is 3.91. The quantitative estimate of drug-likeness (QED) is 0.889. The molecular formula is C15H25N3S. The van der Waals surface area contributed by atoms with Gasteiger partial charge in [0, 0.05) is 30.1 Å². The summed E-state index contributed by atoms with van der Waals surface area (Å²) < 4.78 is 0. The lowest BCUT2D eigenvalue weighted by Gasteiger charge is -2.48. The molecule has 2 aliphatic rings. The molecule has 0 saturated carbocycles. The standard InChI is InChI=1S/C15H25N3S/c1-17(7-5-14-3-2-10-19-14)15(12-16)6-9-18-8-4-13(15)11-18/h2-3,10,13H,4-9,11-12,16H2,1H3. The molecule has 2 bridgehead atoms. The van der Waals surface area contributed by atoms with E-state index in [9.17, 15) is 0 Å². The van der Waals surface area contributed by atoms with Crippen molar-refractivity contribution >= 4 is 11.3 Å². The van der Waals surface area contributed by atoms with Crippen LogP contribution in [0.15, 0.2) is 17.5 Å². The van der Waals surface area contributed by atoms with Gasteiger partial charge in [-0.25, -0.2) is 0 Å². The Morgan fingerprint density at radius 1 is 1.53 bits per heavy atom. The third kappa shape index (κ3) is 2.47. The van der Waals surface area contributed by atoms with Crippen LogP contribution in [0.4, 0.5) is 0 Å². The van der Waals surface area contributed by atoms with Crippen LogP contribution in [-0.2, 0) is 6.42 Å². The molecule has 3 atom stereocenters. The predicted octanol–water partition coefficient (Wildman–Crippen LogP) is 1.65. The Kier molecular flexibility index (Phi) is 3.94. The van der Waals surface area contributed by atoms with E-state index < -0.39 is 0 Å². The van der Waals surface area contributed by atoms with Gasteiger partial charge in [0.05, 0.1) is 0 Å². The number of hydrogen-bond acceptors (Lipinski definition) is 4. The lowest BCUT2D eigenvalue weighted by Crippen LogP contribution is -2.61. The van der Waals surface area contributed by atoms with Crippen molar-refractivity contribution in [1.82, 2.24) is 9.80 Å². The average Bonchev–Trinajstić information content (AvgIpc) is 3.08. The first kappa shape index (κ1) is 13.6. The molecule has 2 fully saturated rings. The molecule has 3 heterocycles. The highest BCUT2D eigenvalue weighted by Crippen LogP contribution is 2.38. The summed E-state index contributed by atoms with van der Waals surface area (Å²) in [7, 11) is 2.29. The Balaban J connectivity index is 1.67. The molecule has 2 aliphatic heterocycles. The van der Waals surface area contributed by atoms with Crippen molar-refractivity contribution in [3.63, 3.8) is 0 Å². The highest BCUT2D eigenvalue weighted by atomic mass is 32.1. The van der Waals surface area contributed by atoms with Crippen LogP contribution in [0, 0.1) is 5.92 Å². The fraction of sp³-hybridized carbons (Fsp3) is 0.733. The van der Waals surface area contributed by atoms with Gasteiger partial charge < -0.3 is 10.6 Å². The smallest absolute Gasteiger partial charge is 0.0381 e. The summed E-state index contributed by atoms with van der Waals surface area (Å²) in [6.45, 7) is 5.73. The highest BCUT2D eigenvalue weighted by Gasteiger charge is 2.47. The minimum atomic E-state index is 0.254. The fourth-order valence-corrected chi connectivity index (χ4v) is 4.61. The first-order valence-corrected chi connectivity index (χ1v) is 8.28. The number of fused-ring (bicyclic) bond motifs is 2. The SMILES string of the molecule is CN(CCc1cccs1)C1(CN)CCN2CCC1C2. The van der Waals surface area contributed by atoms with Crippen molar-refractivity contribution in [2.75, 3.05) is 39.8 Å². The van der Waals surface area contributed by atoms with Crippen LogP contribution in [0.2, 0.25) is 0 Å². The monoisotopic (exact) mass is 279 g/mol. The molecule has 0 aromatic carbocycles. The van der Waals surface area contributed by atoms with Crippen LogP contribution in [0.1, 0.15) is 17.7 Å². The third-order valence-corrected chi connectivity index (χ3v) is 6.22. The summed E-state index contributed by atoms with van der Waals surface area (Å²) in [5.74, 6) is 0.777. The molecule has 1 aromatic heterocycles. The molecule has 0 amide bonds. The van der Waals surface area contributed by atoms with Crippen LogP contribution < -0.4 is 5.73 Å². The van der Waals surface area contributed by atoms with E-state index in [2.05, 4.69) is 34.4 Å². The summed E-state index contributed by atoms with van der Waals surface area (Å²) in [6, 6.07) is 4.39. The van der Waals surface area contributed by atoms with Gasteiger partial charge in [-0.1, -0.05) is 6.07 Å². The molecule has 0 radical (unpaired) electrons. The Bertz CT molecular complexity index is 406.